The van der Waals surface area contributed by atoms with Gasteiger partial charge in [-0.05, 0) is 26.8 Å². The molecule has 2 aromatic heterocycles. The minimum absolute atomic E-state index is 0.273. The highest BCUT2D eigenvalue weighted by molar-refractivity contribution is 5.83. The molecule has 2 fully saturated rings. The summed E-state index contributed by atoms with van der Waals surface area (Å²) in [6, 6.07) is 6.76. The minimum Gasteiger partial charge on any atom is -0.444 e. The number of nitrogens with zero attached hydrogens (tertiary/aromatic N) is 6. The summed E-state index contributed by atoms with van der Waals surface area (Å²) < 4.78 is 18.3. The number of carbonyl (C=O) groups is 1. The lowest BCUT2D eigenvalue weighted by Crippen LogP contribution is -2.50. The van der Waals surface area contributed by atoms with E-state index >= 15 is 0 Å². The Morgan fingerprint density at radius 2 is 1.94 bits per heavy atom. The molecule has 164 valence electrons. The van der Waals surface area contributed by atoms with Crippen LogP contribution in [0.25, 0.3) is 22.3 Å². The molecular weight excluding hydrogens is 400 g/mol. The third kappa shape index (κ3) is 3.95. The summed E-state index contributed by atoms with van der Waals surface area (Å²) in [7, 11) is 0. The van der Waals surface area contributed by atoms with Gasteiger partial charge in [-0.2, -0.15) is 10.1 Å². The number of anilines is 1. The third-order valence-corrected chi connectivity index (χ3v) is 5.44. The Morgan fingerprint density at radius 3 is 2.61 bits per heavy atom. The standard InChI is InChI=1S/C21H26N6O4/c1-21(2,3)30-20(28)26-8-6-25(7-9-26)19-23-18(24-31-19)14-4-5-15-11-22-27(17(15)10-14)16-12-29-13-16/h4-5,10-11,16H,6-9,12-13H2,1-3H3. The lowest BCUT2D eigenvalue weighted by Gasteiger charge is -2.34. The molecule has 2 saturated heterocycles. The molecule has 3 aromatic rings. The van der Waals surface area contributed by atoms with Crippen molar-refractivity contribution in [3.8, 4) is 11.4 Å². The Hall–Kier alpha value is -3.14. The number of amides is 1. The molecule has 0 radical (unpaired) electrons. The minimum atomic E-state index is -0.502. The Morgan fingerprint density at radius 1 is 1.16 bits per heavy atom. The second kappa shape index (κ2) is 7.52. The van der Waals surface area contributed by atoms with Crippen molar-refractivity contribution in [2.75, 3.05) is 44.3 Å². The lowest BCUT2D eigenvalue weighted by molar-refractivity contribution is -0.0266. The summed E-state index contributed by atoms with van der Waals surface area (Å²) >= 11 is 0. The van der Waals surface area contributed by atoms with E-state index in [0.29, 0.717) is 51.2 Å². The zero-order valence-electron chi connectivity index (χ0n) is 17.9. The molecule has 2 aliphatic heterocycles. The van der Waals surface area contributed by atoms with Crippen molar-refractivity contribution in [3.63, 3.8) is 0 Å². The number of fused-ring (bicyclic) bond motifs is 1. The van der Waals surface area contributed by atoms with Crippen molar-refractivity contribution in [2.24, 2.45) is 0 Å². The van der Waals surface area contributed by atoms with Crippen LogP contribution in [0.15, 0.2) is 28.9 Å². The van der Waals surface area contributed by atoms with Gasteiger partial charge in [-0.1, -0.05) is 17.3 Å². The van der Waals surface area contributed by atoms with Crippen LogP contribution in [0, 0.1) is 0 Å². The first-order valence-electron chi connectivity index (χ1n) is 10.5. The lowest BCUT2D eigenvalue weighted by atomic mass is 10.1. The molecule has 4 heterocycles. The maximum absolute atomic E-state index is 12.3. The Balaban J connectivity index is 1.28. The highest BCUT2D eigenvalue weighted by atomic mass is 16.6. The smallest absolute Gasteiger partial charge is 0.410 e. The summed E-state index contributed by atoms with van der Waals surface area (Å²) in [5.41, 5.74) is 1.40. The maximum atomic E-state index is 12.3. The van der Waals surface area contributed by atoms with Gasteiger partial charge in [0, 0.05) is 37.1 Å². The van der Waals surface area contributed by atoms with Gasteiger partial charge in [0.25, 0.3) is 0 Å². The average Bonchev–Trinajstić information content (AvgIpc) is 3.33. The Labute approximate surface area is 179 Å². The highest BCUT2D eigenvalue weighted by Crippen LogP contribution is 2.28. The van der Waals surface area contributed by atoms with E-state index in [1.807, 2.05) is 54.7 Å². The van der Waals surface area contributed by atoms with Gasteiger partial charge in [-0.25, -0.2) is 4.79 Å². The molecule has 0 aliphatic carbocycles. The van der Waals surface area contributed by atoms with Crippen LogP contribution < -0.4 is 4.90 Å². The van der Waals surface area contributed by atoms with Crippen LogP contribution in [0.1, 0.15) is 26.8 Å². The first-order valence-corrected chi connectivity index (χ1v) is 10.5. The fraction of sp³-hybridized carbons (Fsp3) is 0.524. The Bertz CT molecular complexity index is 1090. The SMILES string of the molecule is CC(C)(C)OC(=O)N1CCN(c2nc(-c3ccc4cnn(C5COC5)c4c3)no2)CC1. The van der Waals surface area contributed by atoms with E-state index in [9.17, 15) is 4.79 Å². The van der Waals surface area contributed by atoms with Crippen molar-refractivity contribution >= 4 is 23.0 Å². The van der Waals surface area contributed by atoms with E-state index in [1.165, 1.54) is 0 Å². The van der Waals surface area contributed by atoms with Crippen molar-refractivity contribution in [1.82, 2.24) is 24.8 Å². The molecule has 1 aromatic carbocycles. The first-order chi connectivity index (χ1) is 14.9. The zero-order valence-corrected chi connectivity index (χ0v) is 17.9. The largest absolute Gasteiger partial charge is 0.444 e. The van der Waals surface area contributed by atoms with E-state index in [4.69, 9.17) is 14.0 Å². The molecule has 31 heavy (non-hydrogen) atoms. The number of rotatable bonds is 3. The molecule has 0 atom stereocenters. The predicted octanol–water partition coefficient (Wildman–Crippen LogP) is 2.71. The van der Waals surface area contributed by atoms with Gasteiger partial charge in [0.05, 0.1) is 31.0 Å². The molecule has 2 aliphatic rings. The average molecular weight is 426 g/mol. The monoisotopic (exact) mass is 426 g/mol. The zero-order chi connectivity index (χ0) is 21.6. The van der Waals surface area contributed by atoms with E-state index in [-0.39, 0.29) is 12.1 Å². The fourth-order valence-electron chi connectivity index (χ4n) is 3.70. The Kier molecular flexibility index (Phi) is 4.81. The molecule has 10 heteroatoms. The summed E-state index contributed by atoms with van der Waals surface area (Å²) in [4.78, 5) is 20.5. The third-order valence-electron chi connectivity index (χ3n) is 5.44. The van der Waals surface area contributed by atoms with Gasteiger partial charge >= 0.3 is 12.1 Å². The molecule has 0 unspecified atom stereocenters. The second-order valence-corrected chi connectivity index (χ2v) is 8.91. The molecule has 10 nitrogen and oxygen atoms in total. The molecule has 0 bridgehead atoms. The molecule has 0 N–H and O–H groups in total. The van der Waals surface area contributed by atoms with Crippen LogP contribution in [0.5, 0.6) is 0 Å². The van der Waals surface area contributed by atoms with Crippen molar-refractivity contribution < 1.29 is 18.8 Å². The van der Waals surface area contributed by atoms with Gasteiger partial charge in [0.15, 0.2) is 0 Å². The van der Waals surface area contributed by atoms with Gasteiger partial charge in [-0.15, -0.1) is 0 Å². The highest BCUT2D eigenvalue weighted by Gasteiger charge is 2.28. The topological polar surface area (TPSA) is 98.8 Å². The molecule has 5 rings (SSSR count). The van der Waals surface area contributed by atoms with Crippen LogP contribution in [0.3, 0.4) is 0 Å². The predicted molar refractivity (Wildman–Crippen MR) is 113 cm³/mol. The van der Waals surface area contributed by atoms with E-state index in [0.717, 1.165) is 16.5 Å². The van der Waals surface area contributed by atoms with E-state index in [1.54, 1.807) is 4.90 Å². The van der Waals surface area contributed by atoms with Gasteiger partial charge in [0.1, 0.15) is 5.60 Å². The molecule has 1 amide bonds. The number of hydrogen-bond donors (Lipinski definition) is 0. The van der Waals surface area contributed by atoms with Crippen molar-refractivity contribution in [3.05, 3.63) is 24.4 Å². The normalized spacial score (nSPS) is 17.8. The number of ether oxygens (including phenoxy) is 2. The summed E-state index contributed by atoms with van der Waals surface area (Å²) in [6.07, 6.45) is 1.57. The molecule has 0 saturated carbocycles. The number of benzene rings is 1. The summed E-state index contributed by atoms with van der Waals surface area (Å²) in [5, 5.41) is 9.74. The van der Waals surface area contributed by atoms with Crippen molar-refractivity contribution in [2.45, 2.75) is 32.4 Å². The van der Waals surface area contributed by atoms with E-state index < -0.39 is 5.60 Å². The second-order valence-electron chi connectivity index (χ2n) is 8.91. The number of hydrogen-bond acceptors (Lipinski definition) is 8. The number of piperazine rings is 1. The van der Waals surface area contributed by atoms with Crippen LogP contribution in [-0.2, 0) is 9.47 Å². The first kappa shape index (κ1) is 19.8. The molecular formula is C21H26N6O4. The van der Waals surface area contributed by atoms with Crippen LogP contribution in [0.4, 0.5) is 10.8 Å². The van der Waals surface area contributed by atoms with Crippen molar-refractivity contribution in [1.29, 1.82) is 0 Å². The maximum Gasteiger partial charge on any atom is 0.410 e. The van der Waals surface area contributed by atoms with Crippen LogP contribution in [0.2, 0.25) is 0 Å². The summed E-state index contributed by atoms with van der Waals surface area (Å²) in [5.74, 6) is 0.532. The van der Waals surface area contributed by atoms with Gasteiger partial charge < -0.3 is 23.8 Å². The van der Waals surface area contributed by atoms with Gasteiger partial charge in [0.2, 0.25) is 5.82 Å². The van der Waals surface area contributed by atoms with Gasteiger partial charge in [-0.3, -0.25) is 4.68 Å². The van der Waals surface area contributed by atoms with Crippen LogP contribution >= 0.6 is 0 Å². The fourth-order valence-corrected chi connectivity index (χ4v) is 3.70. The number of carbonyl (C=O) groups excluding carboxylic acids is 1. The quantitative estimate of drug-likeness (QED) is 0.630. The van der Waals surface area contributed by atoms with Crippen LogP contribution in [-0.4, -0.2) is 75.9 Å². The molecule has 0 spiro atoms. The van der Waals surface area contributed by atoms with E-state index in [2.05, 4.69) is 15.2 Å². The number of aromatic nitrogens is 4. The summed E-state index contributed by atoms with van der Waals surface area (Å²) in [6.45, 7) is 9.26.